The van der Waals surface area contributed by atoms with E-state index in [4.69, 9.17) is 5.73 Å². The van der Waals surface area contributed by atoms with Crippen LogP contribution in [-0.2, 0) is 0 Å². The second kappa shape index (κ2) is 5.15. The standard InChI is InChI=1S/C16H15BrFN3/c1-9-3-5-11(6-4-9)10(2)21-15-7-12(17)13(18)8-14(15)20-16(21)19/h3-8,10H,1-2H3,(H2,19,20). The topological polar surface area (TPSA) is 43.8 Å². The zero-order chi connectivity index (χ0) is 15.1. The van der Waals surface area contributed by atoms with Crippen LogP contribution in [0.2, 0.25) is 0 Å². The molecule has 0 aliphatic heterocycles. The predicted molar refractivity (Wildman–Crippen MR) is 86.8 cm³/mol. The number of aryl methyl sites for hydroxylation is 1. The van der Waals surface area contributed by atoms with Gasteiger partial charge < -0.3 is 10.3 Å². The maximum absolute atomic E-state index is 13.6. The summed E-state index contributed by atoms with van der Waals surface area (Å²) < 4.78 is 16.0. The molecule has 0 spiro atoms. The van der Waals surface area contributed by atoms with Crippen LogP contribution in [0.1, 0.15) is 24.1 Å². The molecule has 108 valence electrons. The number of fused-ring (bicyclic) bond motifs is 1. The molecular formula is C16H15BrFN3. The van der Waals surface area contributed by atoms with Crippen molar-refractivity contribution in [3.8, 4) is 0 Å². The summed E-state index contributed by atoms with van der Waals surface area (Å²) in [5, 5.41) is 0. The molecule has 1 heterocycles. The van der Waals surface area contributed by atoms with Crippen molar-refractivity contribution < 1.29 is 4.39 Å². The number of hydrogen-bond acceptors (Lipinski definition) is 2. The van der Waals surface area contributed by atoms with Gasteiger partial charge in [0.25, 0.3) is 0 Å². The minimum Gasteiger partial charge on any atom is -0.369 e. The van der Waals surface area contributed by atoms with Crippen LogP contribution in [0.3, 0.4) is 0 Å². The molecule has 0 fully saturated rings. The lowest BCUT2D eigenvalue weighted by Crippen LogP contribution is -2.10. The molecule has 3 aromatic rings. The lowest BCUT2D eigenvalue weighted by atomic mass is 10.1. The number of benzene rings is 2. The third-order valence-electron chi connectivity index (χ3n) is 3.71. The summed E-state index contributed by atoms with van der Waals surface area (Å²) in [5.74, 6) is 0.0470. The highest BCUT2D eigenvalue weighted by molar-refractivity contribution is 9.10. The van der Waals surface area contributed by atoms with Crippen molar-refractivity contribution in [2.45, 2.75) is 19.9 Å². The van der Waals surface area contributed by atoms with E-state index in [1.807, 2.05) is 4.57 Å². The molecule has 2 aromatic carbocycles. The molecule has 21 heavy (non-hydrogen) atoms. The van der Waals surface area contributed by atoms with Crippen molar-refractivity contribution >= 4 is 32.9 Å². The number of rotatable bonds is 2. The first kappa shape index (κ1) is 14.1. The monoisotopic (exact) mass is 347 g/mol. The third kappa shape index (κ3) is 2.42. The first-order chi connectivity index (χ1) is 9.97. The second-order valence-corrected chi connectivity index (χ2v) is 6.04. The molecule has 1 atom stereocenters. The van der Waals surface area contributed by atoms with Crippen molar-refractivity contribution in [3.63, 3.8) is 0 Å². The van der Waals surface area contributed by atoms with Crippen LogP contribution < -0.4 is 5.73 Å². The smallest absolute Gasteiger partial charge is 0.201 e. The average molecular weight is 348 g/mol. The van der Waals surface area contributed by atoms with E-state index in [1.165, 1.54) is 11.6 Å². The fraction of sp³-hybridized carbons (Fsp3) is 0.188. The van der Waals surface area contributed by atoms with Gasteiger partial charge in [-0.1, -0.05) is 29.8 Å². The van der Waals surface area contributed by atoms with Crippen molar-refractivity contribution in [1.29, 1.82) is 0 Å². The number of nitrogens with two attached hydrogens (primary N) is 1. The Morgan fingerprint density at radius 1 is 1.24 bits per heavy atom. The lowest BCUT2D eigenvalue weighted by molar-refractivity contribution is 0.622. The van der Waals surface area contributed by atoms with Crippen LogP contribution in [0.25, 0.3) is 11.0 Å². The fourth-order valence-corrected chi connectivity index (χ4v) is 2.84. The summed E-state index contributed by atoms with van der Waals surface area (Å²) in [6.45, 7) is 4.11. The lowest BCUT2D eigenvalue weighted by Gasteiger charge is -2.17. The van der Waals surface area contributed by atoms with Gasteiger partial charge in [0.1, 0.15) is 5.82 Å². The Kier molecular flexibility index (Phi) is 3.45. The molecule has 1 unspecified atom stereocenters. The largest absolute Gasteiger partial charge is 0.369 e. The van der Waals surface area contributed by atoms with Gasteiger partial charge in [0, 0.05) is 6.07 Å². The quantitative estimate of drug-likeness (QED) is 0.744. The van der Waals surface area contributed by atoms with Crippen LogP contribution in [0.4, 0.5) is 10.3 Å². The van der Waals surface area contributed by atoms with E-state index in [1.54, 1.807) is 6.07 Å². The number of aromatic nitrogens is 2. The molecule has 3 nitrogen and oxygen atoms in total. The molecule has 2 N–H and O–H groups in total. The number of anilines is 1. The van der Waals surface area contributed by atoms with E-state index in [0.29, 0.717) is 15.9 Å². The number of nitrogens with zero attached hydrogens (tertiary/aromatic N) is 2. The minimum atomic E-state index is -0.338. The van der Waals surface area contributed by atoms with Crippen LogP contribution in [-0.4, -0.2) is 9.55 Å². The van der Waals surface area contributed by atoms with E-state index in [0.717, 1.165) is 11.1 Å². The normalized spacial score (nSPS) is 12.8. The van der Waals surface area contributed by atoms with Crippen LogP contribution >= 0.6 is 15.9 Å². The summed E-state index contributed by atoms with van der Waals surface area (Å²) in [6.07, 6.45) is 0. The Bertz CT molecular complexity index is 808. The van der Waals surface area contributed by atoms with Gasteiger partial charge in [0.05, 0.1) is 21.5 Å². The highest BCUT2D eigenvalue weighted by Gasteiger charge is 2.17. The van der Waals surface area contributed by atoms with Gasteiger partial charge in [-0.05, 0) is 41.4 Å². The van der Waals surface area contributed by atoms with Gasteiger partial charge in [0.2, 0.25) is 5.95 Å². The summed E-state index contributed by atoms with van der Waals surface area (Å²) in [4.78, 5) is 4.26. The second-order valence-electron chi connectivity index (χ2n) is 5.18. The van der Waals surface area contributed by atoms with Gasteiger partial charge >= 0.3 is 0 Å². The summed E-state index contributed by atoms with van der Waals surface area (Å²) in [5.41, 5.74) is 9.75. The van der Waals surface area contributed by atoms with E-state index < -0.39 is 0 Å². The minimum absolute atomic E-state index is 0.0213. The van der Waals surface area contributed by atoms with Crippen LogP contribution in [0.15, 0.2) is 40.9 Å². The first-order valence-electron chi connectivity index (χ1n) is 6.66. The number of imidazole rings is 1. The number of nitrogen functional groups attached to an aromatic ring is 1. The third-order valence-corrected chi connectivity index (χ3v) is 4.31. The zero-order valence-corrected chi connectivity index (χ0v) is 13.4. The molecule has 0 bridgehead atoms. The zero-order valence-electron chi connectivity index (χ0n) is 11.8. The molecule has 1 aromatic heterocycles. The maximum Gasteiger partial charge on any atom is 0.201 e. The van der Waals surface area contributed by atoms with E-state index in [2.05, 4.69) is 59.0 Å². The van der Waals surface area contributed by atoms with E-state index in [-0.39, 0.29) is 11.9 Å². The number of halogens is 2. The van der Waals surface area contributed by atoms with E-state index >= 15 is 0 Å². The first-order valence-corrected chi connectivity index (χ1v) is 7.45. The Balaban J connectivity index is 2.17. The Morgan fingerprint density at radius 3 is 2.57 bits per heavy atom. The Labute approximate surface area is 130 Å². The van der Waals surface area contributed by atoms with Crippen molar-refractivity contribution in [3.05, 3.63) is 57.8 Å². The maximum atomic E-state index is 13.6. The molecular weight excluding hydrogens is 333 g/mol. The van der Waals surface area contributed by atoms with Gasteiger partial charge in [-0.25, -0.2) is 9.37 Å². The average Bonchev–Trinajstić information content (AvgIpc) is 2.75. The fourth-order valence-electron chi connectivity index (χ4n) is 2.51. The van der Waals surface area contributed by atoms with Gasteiger partial charge in [-0.2, -0.15) is 0 Å². The van der Waals surface area contributed by atoms with Crippen LogP contribution in [0, 0.1) is 12.7 Å². The molecule has 0 amide bonds. The molecule has 0 saturated heterocycles. The highest BCUT2D eigenvalue weighted by Crippen LogP contribution is 2.30. The van der Waals surface area contributed by atoms with Crippen molar-refractivity contribution in [2.75, 3.05) is 5.73 Å². The molecule has 5 heteroatoms. The van der Waals surface area contributed by atoms with Crippen molar-refractivity contribution in [1.82, 2.24) is 9.55 Å². The van der Waals surface area contributed by atoms with Gasteiger partial charge in [-0.3, -0.25) is 0 Å². The van der Waals surface area contributed by atoms with E-state index in [9.17, 15) is 4.39 Å². The molecule has 0 radical (unpaired) electrons. The summed E-state index contributed by atoms with van der Waals surface area (Å²) >= 11 is 3.22. The predicted octanol–water partition coefficient (Wildman–Crippen LogP) is 4.44. The summed E-state index contributed by atoms with van der Waals surface area (Å²) in [7, 11) is 0. The SMILES string of the molecule is Cc1ccc(C(C)n2c(N)nc3cc(F)c(Br)cc32)cc1. The van der Waals surface area contributed by atoms with Gasteiger partial charge in [0.15, 0.2) is 0 Å². The Hall–Kier alpha value is -1.88. The molecule has 0 saturated carbocycles. The highest BCUT2D eigenvalue weighted by atomic mass is 79.9. The molecule has 0 aliphatic carbocycles. The van der Waals surface area contributed by atoms with Gasteiger partial charge in [-0.15, -0.1) is 0 Å². The summed E-state index contributed by atoms with van der Waals surface area (Å²) in [6, 6.07) is 11.4. The Morgan fingerprint density at radius 2 is 1.90 bits per heavy atom. The van der Waals surface area contributed by atoms with Crippen molar-refractivity contribution in [2.24, 2.45) is 0 Å². The number of hydrogen-bond donors (Lipinski definition) is 1. The molecule has 3 rings (SSSR count). The van der Waals surface area contributed by atoms with Crippen LogP contribution in [0.5, 0.6) is 0 Å². The molecule has 0 aliphatic rings.